The Balaban J connectivity index is -0.000000394. The summed E-state index contributed by atoms with van der Waals surface area (Å²) in [5, 5.41) is 3.39. The third-order valence-electron chi connectivity index (χ3n) is 3.36. The molecule has 2 heterocycles. The first-order chi connectivity index (χ1) is 10.7. The minimum Gasteiger partial charge on any atom is -0.335 e. The van der Waals surface area contributed by atoms with Crippen molar-refractivity contribution in [3.05, 3.63) is 17.2 Å². The standard InChI is InChI=1S/C11H19N3.4C2H6/c1-8-9(2)14(3)11(13-8)10-4-6-12-7-5-10;4*1-2/h10,12H,4-7H2,1-3H3;4*1-2H3. The molecule has 1 aliphatic rings. The normalized spacial score (nSPS) is 13.0. The van der Waals surface area contributed by atoms with Crippen LogP contribution < -0.4 is 5.32 Å². The Morgan fingerprint density at radius 1 is 0.864 bits per heavy atom. The van der Waals surface area contributed by atoms with Gasteiger partial charge in [-0.05, 0) is 39.8 Å². The first-order valence-electron chi connectivity index (χ1n) is 9.40. The summed E-state index contributed by atoms with van der Waals surface area (Å²) in [6.45, 7) is 22.5. The van der Waals surface area contributed by atoms with Crippen LogP contribution in [0.25, 0.3) is 0 Å². The molecule has 1 saturated heterocycles. The van der Waals surface area contributed by atoms with E-state index in [0.717, 1.165) is 13.1 Å². The van der Waals surface area contributed by atoms with Crippen molar-refractivity contribution in [3.8, 4) is 0 Å². The molecule has 22 heavy (non-hydrogen) atoms. The minimum absolute atomic E-state index is 0.661. The second kappa shape index (κ2) is 18.2. The highest BCUT2D eigenvalue weighted by atomic mass is 15.1. The Morgan fingerprint density at radius 2 is 1.27 bits per heavy atom. The second-order valence-electron chi connectivity index (χ2n) is 4.22. The van der Waals surface area contributed by atoms with E-state index >= 15 is 0 Å². The van der Waals surface area contributed by atoms with Crippen LogP contribution in [0.4, 0.5) is 0 Å². The maximum atomic E-state index is 4.67. The van der Waals surface area contributed by atoms with E-state index in [2.05, 4.69) is 35.8 Å². The molecule has 3 nitrogen and oxygen atoms in total. The molecule has 0 amide bonds. The van der Waals surface area contributed by atoms with Gasteiger partial charge in [0.2, 0.25) is 0 Å². The van der Waals surface area contributed by atoms with Gasteiger partial charge in [-0.1, -0.05) is 55.4 Å². The van der Waals surface area contributed by atoms with Gasteiger partial charge in [0.25, 0.3) is 0 Å². The Morgan fingerprint density at radius 3 is 1.59 bits per heavy atom. The molecule has 0 unspecified atom stereocenters. The van der Waals surface area contributed by atoms with Gasteiger partial charge >= 0.3 is 0 Å². The maximum Gasteiger partial charge on any atom is 0.112 e. The topological polar surface area (TPSA) is 29.9 Å². The van der Waals surface area contributed by atoms with Crippen LogP contribution in [0, 0.1) is 13.8 Å². The molecule has 0 saturated carbocycles. The molecule has 0 bridgehead atoms. The lowest BCUT2D eigenvalue weighted by atomic mass is 9.97. The number of imidazole rings is 1. The highest BCUT2D eigenvalue weighted by Crippen LogP contribution is 2.25. The van der Waals surface area contributed by atoms with E-state index in [9.17, 15) is 0 Å². The van der Waals surface area contributed by atoms with Crippen LogP contribution in [-0.4, -0.2) is 22.6 Å². The van der Waals surface area contributed by atoms with E-state index < -0.39 is 0 Å². The fourth-order valence-corrected chi connectivity index (χ4v) is 2.19. The molecular weight excluding hydrogens is 270 g/mol. The average Bonchev–Trinajstić information content (AvgIpc) is 2.90. The number of hydrogen-bond donors (Lipinski definition) is 1. The zero-order chi connectivity index (χ0) is 18.1. The van der Waals surface area contributed by atoms with E-state index in [1.165, 1.54) is 30.1 Å². The van der Waals surface area contributed by atoms with Gasteiger partial charge in [-0.15, -0.1) is 0 Å². The first kappa shape index (κ1) is 26.1. The van der Waals surface area contributed by atoms with Crippen molar-refractivity contribution in [1.29, 1.82) is 0 Å². The Hall–Kier alpha value is -0.830. The van der Waals surface area contributed by atoms with Crippen LogP contribution in [0.5, 0.6) is 0 Å². The summed E-state index contributed by atoms with van der Waals surface area (Å²) in [4.78, 5) is 4.67. The molecule has 1 fully saturated rings. The summed E-state index contributed by atoms with van der Waals surface area (Å²) in [7, 11) is 2.13. The van der Waals surface area contributed by atoms with Gasteiger partial charge in [-0.2, -0.15) is 0 Å². The van der Waals surface area contributed by atoms with Crippen LogP contribution in [0.15, 0.2) is 0 Å². The summed E-state index contributed by atoms with van der Waals surface area (Å²) in [5.41, 5.74) is 2.49. The van der Waals surface area contributed by atoms with E-state index in [-0.39, 0.29) is 0 Å². The summed E-state index contributed by atoms with van der Waals surface area (Å²) in [5.74, 6) is 1.94. The van der Waals surface area contributed by atoms with E-state index in [0.29, 0.717) is 5.92 Å². The molecule has 1 N–H and O–H groups in total. The predicted molar refractivity (Wildman–Crippen MR) is 103 cm³/mol. The van der Waals surface area contributed by atoms with Gasteiger partial charge in [0, 0.05) is 18.7 Å². The van der Waals surface area contributed by atoms with Crippen LogP contribution in [0.3, 0.4) is 0 Å². The fourth-order valence-electron chi connectivity index (χ4n) is 2.19. The number of rotatable bonds is 1. The fraction of sp³-hybridized carbons (Fsp3) is 0.842. The molecule has 1 aliphatic heterocycles. The number of nitrogens with one attached hydrogen (secondary N) is 1. The van der Waals surface area contributed by atoms with Crippen molar-refractivity contribution >= 4 is 0 Å². The lowest BCUT2D eigenvalue weighted by molar-refractivity contribution is 0.436. The van der Waals surface area contributed by atoms with Crippen LogP contribution in [0.2, 0.25) is 0 Å². The van der Waals surface area contributed by atoms with Gasteiger partial charge in [0.1, 0.15) is 5.82 Å². The molecule has 1 aromatic rings. The van der Waals surface area contributed by atoms with Gasteiger partial charge in [0.15, 0.2) is 0 Å². The molecule has 3 heteroatoms. The molecular formula is C19H43N3. The zero-order valence-corrected chi connectivity index (χ0v) is 17.3. The van der Waals surface area contributed by atoms with Gasteiger partial charge in [-0.3, -0.25) is 0 Å². The number of aryl methyl sites for hydroxylation is 1. The summed E-state index contributed by atoms with van der Waals surface area (Å²) in [6, 6.07) is 0. The van der Waals surface area contributed by atoms with Crippen molar-refractivity contribution in [3.63, 3.8) is 0 Å². The Labute approximate surface area is 140 Å². The molecule has 134 valence electrons. The third-order valence-corrected chi connectivity index (χ3v) is 3.36. The number of aromatic nitrogens is 2. The lowest BCUT2D eigenvalue weighted by Gasteiger charge is -2.22. The number of piperidine rings is 1. The van der Waals surface area contributed by atoms with Gasteiger partial charge in [-0.25, -0.2) is 4.98 Å². The third kappa shape index (κ3) is 8.57. The van der Waals surface area contributed by atoms with Crippen molar-refractivity contribution in [2.75, 3.05) is 13.1 Å². The minimum atomic E-state index is 0.661. The highest BCUT2D eigenvalue weighted by molar-refractivity contribution is 5.16. The number of nitrogens with zero attached hydrogens (tertiary/aromatic N) is 2. The smallest absolute Gasteiger partial charge is 0.112 e. The van der Waals surface area contributed by atoms with Crippen molar-refractivity contribution < 1.29 is 0 Å². The Kier molecular flexibility index (Phi) is 21.6. The van der Waals surface area contributed by atoms with E-state index in [4.69, 9.17) is 0 Å². The van der Waals surface area contributed by atoms with E-state index in [1.807, 2.05) is 55.4 Å². The summed E-state index contributed by atoms with van der Waals surface area (Å²) >= 11 is 0. The first-order valence-corrected chi connectivity index (χ1v) is 9.40. The molecule has 0 aliphatic carbocycles. The molecule has 0 atom stereocenters. The Bertz CT molecular complexity index is 324. The van der Waals surface area contributed by atoms with Crippen molar-refractivity contribution in [2.45, 2.75) is 88.0 Å². The van der Waals surface area contributed by atoms with Gasteiger partial charge in [0.05, 0.1) is 5.69 Å². The molecule has 0 aromatic carbocycles. The summed E-state index contributed by atoms with van der Waals surface area (Å²) in [6.07, 6.45) is 2.45. The molecule has 0 spiro atoms. The van der Waals surface area contributed by atoms with E-state index in [1.54, 1.807) is 0 Å². The average molecular weight is 314 g/mol. The van der Waals surface area contributed by atoms with Crippen molar-refractivity contribution in [2.24, 2.45) is 7.05 Å². The quantitative estimate of drug-likeness (QED) is 0.730. The van der Waals surface area contributed by atoms with Crippen LogP contribution in [0.1, 0.15) is 91.4 Å². The molecule has 2 rings (SSSR count). The van der Waals surface area contributed by atoms with Crippen molar-refractivity contribution in [1.82, 2.24) is 14.9 Å². The summed E-state index contributed by atoms with van der Waals surface area (Å²) < 4.78 is 2.26. The zero-order valence-electron chi connectivity index (χ0n) is 17.3. The molecule has 1 aromatic heterocycles. The second-order valence-corrected chi connectivity index (χ2v) is 4.22. The SMILES string of the molecule is CC.CC.CC.CC.Cc1nc(C2CCNCC2)n(C)c1C. The van der Waals surface area contributed by atoms with Gasteiger partial charge < -0.3 is 9.88 Å². The monoisotopic (exact) mass is 313 g/mol. The predicted octanol–water partition coefficient (Wildman–Crippen LogP) is 5.61. The number of hydrogen-bond acceptors (Lipinski definition) is 2. The maximum absolute atomic E-state index is 4.67. The molecule has 0 radical (unpaired) electrons. The lowest BCUT2D eigenvalue weighted by Crippen LogP contribution is -2.27. The largest absolute Gasteiger partial charge is 0.335 e. The van der Waals surface area contributed by atoms with Crippen LogP contribution in [-0.2, 0) is 7.05 Å². The van der Waals surface area contributed by atoms with Crippen LogP contribution >= 0.6 is 0 Å². The highest BCUT2D eigenvalue weighted by Gasteiger charge is 2.20.